The molecule has 1 heterocycles. The zero-order chi connectivity index (χ0) is 24.0. The third kappa shape index (κ3) is 5.93. The summed E-state index contributed by atoms with van der Waals surface area (Å²) >= 11 is 5.89. The summed E-state index contributed by atoms with van der Waals surface area (Å²) in [6, 6.07) is 14.2. The first-order chi connectivity index (χ1) is 15.8. The van der Waals surface area contributed by atoms with Crippen molar-refractivity contribution in [2.45, 2.75) is 37.6 Å². The van der Waals surface area contributed by atoms with Crippen LogP contribution in [0.3, 0.4) is 0 Å². The quantitative estimate of drug-likeness (QED) is 0.613. The molecule has 0 aliphatic carbocycles. The van der Waals surface area contributed by atoms with Gasteiger partial charge in [-0.1, -0.05) is 29.8 Å². The molecule has 0 aromatic heterocycles. The van der Waals surface area contributed by atoms with Crippen LogP contribution in [0.4, 0.5) is 0 Å². The topological polar surface area (TPSA) is 86.8 Å². The summed E-state index contributed by atoms with van der Waals surface area (Å²) in [6.45, 7) is 5.43. The predicted octanol–water partition coefficient (Wildman–Crippen LogP) is 3.41. The molecule has 1 aliphatic rings. The Bertz CT molecular complexity index is 1050. The number of sulfonamides is 1. The molecule has 2 aromatic carbocycles. The Morgan fingerprint density at radius 1 is 1.03 bits per heavy atom. The first kappa shape index (κ1) is 25.2. The molecule has 0 unspecified atom stereocenters. The molecular formula is C24H30ClN3O4S. The molecule has 2 aromatic rings. The van der Waals surface area contributed by atoms with E-state index in [1.165, 1.54) is 16.4 Å². The molecule has 1 aliphatic heterocycles. The van der Waals surface area contributed by atoms with E-state index in [-0.39, 0.29) is 35.7 Å². The van der Waals surface area contributed by atoms with Gasteiger partial charge in [-0.2, -0.15) is 4.31 Å². The van der Waals surface area contributed by atoms with Gasteiger partial charge >= 0.3 is 0 Å². The summed E-state index contributed by atoms with van der Waals surface area (Å²) in [4.78, 5) is 28.0. The van der Waals surface area contributed by atoms with Crippen LogP contribution in [0.1, 0.15) is 37.0 Å². The van der Waals surface area contributed by atoms with Crippen LogP contribution in [-0.2, 0) is 14.8 Å². The van der Waals surface area contributed by atoms with Gasteiger partial charge in [-0.05, 0) is 69.0 Å². The fourth-order valence-electron chi connectivity index (χ4n) is 4.13. The maximum absolute atomic E-state index is 13.3. The van der Waals surface area contributed by atoms with Crippen molar-refractivity contribution >= 4 is 33.4 Å². The summed E-state index contributed by atoms with van der Waals surface area (Å²) in [6.07, 6.45) is 0.944. The molecule has 7 nitrogen and oxygen atoms in total. The summed E-state index contributed by atoms with van der Waals surface area (Å²) in [5.41, 5.74) is 0.484. The summed E-state index contributed by atoms with van der Waals surface area (Å²) < 4.78 is 27.5. The fraction of sp³-hybridized carbons (Fsp3) is 0.417. The molecule has 2 amide bonds. The monoisotopic (exact) mass is 491 g/mol. The number of halogens is 1. The number of likely N-dealkylation sites (N-methyl/N-ethyl adjacent to an activating group) is 1. The van der Waals surface area contributed by atoms with E-state index in [0.717, 1.165) is 0 Å². The SMILES string of the molecule is CCN(CC)C(=O)[C@@H](NC(=O)c1ccccc1)C1CCN(S(=O)(=O)c2ccc(Cl)cc2)CC1. The van der Waals surface area contributed by atoms with Crippen LogP contribution >= 0.6 is 11.6 Å². The lowest BCUT2D eigenvalue weighted by molar-refractivity contribution is -0.134. The first-order valence-electron chi connectivity index (χ1n) is 11.2. The van der Waals surface area contributed by atoms with Gasteiger partial charge in [0.15, 0.2) is 0 Å². The van der Waals surface area contributed by atoms with Crippen LogP contribution in [0.5, 0.6) is 0 Å². The average Bonchev–Trinajstić information content (AvgIpc) is 2.84. The van der Waals surface area contributed by atoms with E-state index in [2.05, 4.69) is 5.32 Å². The van der Waals surface area contributed by atoms with Gasteiger partial charge < -0.3 is 10.2 Å². The number of nitrogens with one attached hydrogen (secondary N) is 1. The highest BCUT2D eigenvalue weighted by Crippen LogP contribution is 2.27. The second-order valence-corrected chi connectivity index (χ2v) is 10.4. The van der Waals surface area contributed by atoms with Crippen molar-refractivity contribution in [3.63, 3.8) is 0 Å². The second-order valence-electron chi connectivity index (χ2n) is 8.02. The lowest BCUT2D eigenvalue weighted by Crippen LogP contribution is -2.54. The van der Waals surface area contributed by atoms with Crippen LogP contribution in [0.25, 0.3) is 0 Å². The van der Waals surface area contributed by atoms with E-state index in [1.54, 1.807) is 41.3 Å². The number of piperidine rings is 1. The number of benzene rings is 2. The van der Waals surface area contributed by atoms with E-state index < -0.39 is 16.1 Å². The Morgan fingerprint density at radius 3 is 2.15 bits per heavy atom. The molecule has 3 rings (SSSR count). The third-order valence-corrected chi connectivity index (χ3v) is 8.25. The Labute approximate surface area is 200 Å². The third-order valence-electron chi connectivity index (χ3n) is 6.09. The van der Waals surface area contributed by atoms with E-state index in [1.807, 2.05) is 19.9 Å². The van der Waals surface area contributed by atoms with Gasteiger partial charge in [-0.3, -0.25) is 9.59 Å². The predicted molar refractivity (Wildman–Crippen MR) is 129 cm³/mol. The van der Waals surface area contributed by atoms with E-state index in [0.29, 0.717) is 36.5 Å². The van der Waals surface area contributed by atoms with Gasteiger partial charge in [0.2, 0.25) is 15.9 Å². The van der Waals surface area contributed by atoms with Crippen molar-refractivity contribution in [2.24, 2.45) is 5.92 Å². The zero-order valence-corrected chi connectivity index (χ0v) is 20.5. The minimum atomic E-state index is -3.65. The van der Waals surface area contributed by atoms with Crippen LogP contribution in [0, 0.1) is 5.92 Å². The van der Waals surface area contributed by atoms with Gasteiger partial charge in [-0.25, -0.2) is 8.42 Å². The van der Waals surface area contributed by atoms with Gasteiger partial charge in [0.05, 0.1) is 4.90 Å². The van der Waals surface area contributed by atoms with E-state index in [4.69, 9.17) is 11.6 Å². The standard InChI is InChI=1S/C24H30ClN3O4S/c1-3-27(4-2)24(30)22(26-23(29)19-8-6-5-7-9-19)18-14-16-28(17-15-18)33(31,32)21-12-10-20(25)11-13-21/h5-13,18,22H,3-4,14-17H2,1-2H3,(H,26,29)/t22-/m0/s1. The minimum Gasteiger partial charge on any atom is -0.341 e. The molecule has 0 spiro atoms. The number of hydrogen-bond donors (Lipinski definition) is 1. The Kier molecular flexibility index (Phi) is 8.51. The second kappa shape index (κ2) is 11.1. The van der Waals surface area contributed by atoms with Crippen LogP contribution in [-0.4, -0.2) is 61.7 Å². The molecule has 0 bridgehead atoms. The van der Waals surface area contributed by atoms with Gasteiger partial charge in [-0.15, -0.1) is 0 Å². The zero-order valence-electron chi connectivity index (χ0n) is 18.9. The Hall–Kier alpha value is -2.42. The summed E-state index contributed by atoms with van der Waals surface area (Å²) in [5, 5.41) is 3.40. The molecule has 1 atom stereocenters. The van der Waals surface area contributed by atoms with Gasteiger partial charge in [0.25, 0.3) is 5.91 Å². The van der Waals surface area contributed by atoms with Crippen LogP contribution in [0.15, 0.2) is 59.5 Å². The number of carbonyl (C=O) groups excluding carboxylic acids is 2. The van der Waals surface area contributed by atoms with Crippen molar-refractivity contribution in [1.29, 1.82) is 0 Å². The van der Waals surface area contributed by atoms with Crippen molar-refractivity contribution in [3.05, 3.63) is 65.2 Å². The first-order valence-corrected chi connectivity index (χ1v) is 13.0. The lowest BCUT2D eigenvalue weighted by Gasteiger charge is -2.37. The molecule has 1 N–H and O–H groups in total. The maximum Gasteiger partial charge on any atom is 0.251 e. The van der Waals surface area contributed by atoms with Crippen molar-refractivity contribution in [2.75, 3.05) is 26.2 Å². The largest absolute Gasteiger partial charge is 0.341 e. The molecule has 33 heavy (non-hydrogen) atoms. The molecule has 1 fully saturated rings. The van der Waals surface area contributed by atoms with Crippen LogP contribution < -0.4 is 5.32 Å². The molecule has 9 heteroatoms. The maximum atomic E-state index is 13.3. The highest BCUT2D eigenvalue weighted by atomic mass is 35.5. The number of carbonyl (C=O) groups is 2. The summed E-state index contributed by atoms with van der Waals surface area (Å²) in [5.74, 6) is -0.608. The minimum absolute atomic E-state index is 0.136. The molecule has 0 saturated carbocycles. The fourth-order valence-corrected chi connectivity index (χ4v) is 5.73. The Balaban J connectivity index is 1.76. The van der Waals surface area contributed by atoms with E-state index >= 15 is 0 Å². The van der Waals surface area contributed by atoms with E-state index in [9.17, 15) is 18.0 Å². The van der Waals surface area contributed by atoms with Crippen molar-refractivity contribution < 1.29 is 18.0 Å². The average molecular weight is 492 g/mol. The molecular weight excluding hydrogens is 462 g/mol. The highest BCUT2D eigenvalue weighted by Gasteiger charge is 2.37. The normalized spacial score (nSPS) is 16.2. The van der Waals surface area contributed by atoms with Gasteiger partial charge in [0, 0.05) is 36.8 Å². The molecule has 0 radical (unpaired) electrons. The lowest BCUT2D eigenvalue weighted by atomic mass is 9.89. The van der Waals surface area contributed by atoms with Gasteiger partial charge in [0.1, 0.15) is 6.04 Å². The molecule has 1 saturated heterocycles. The number of hydrogen-bond acceptors (Lipinski definition) is 4. The van der Waals surface area contributed by atoms with Crippen LogP contribution in [0.2, 0.25) is 5.02 Å². The number of nitrogens with zero attached hydrogens (tertiary/aromatic N) is 2. The Morgan fingerprint density at radius 2 is 1.61 bits per heavy atom. The number of amides is 2. The number of rotatable bonds is 8. The highest BCUT2D eigenvalue weighted by molar-refractivity contribution is 7.89. The summed E-state index contributed by atoms with van der Waals surface area (Å²) in [7, 11) is -3.65. The smallest absolute Gasteiger partial charge is 0.251 e. The molecule has 178 valence electrons. The van der Waals surface area contributed by atoms with Crippen molar-refractivity contribution in [3.8, 4) is 0 Å². The van der Waals surface area contributed by atoms with Crippen molar-refractivity contribution in [1.82, 2.24) is 14.5 Å².